The maximum atomic E-state index is 5.11. The van der Waals surface area contributed by atoms with Crippen LogP contribution in [-0.4, -0.2) is 16.7 Å². The lowest BCUT2D eigenvalue weighted by atomic mass is 10.1. The van der Waals surface area contributed by atoms with E-state index in [1.54, 1.807) is 7.11 Å². The van der Waals surface area contributed by atoms with Gasteiger partial charge in [-0.15, -0.1) is 0 Å². The molecule has 0 spiro atoms. The molecule has 0 aliphatic heterocycles. The van der Waals surface area contributed by atoms with Crippen molar-refractivity contribution in [2.75, 3.05) is 7.11 Å². The molecule has 0 N–H and O–H groups in total. The van der Waals surface area contributed by atoms with Crippen LogP contribution in [0.2, 0.25) is 0 Å². The van der Waals surface area contributed by atoms with Crippen LogP contribution in [0.1, 0.15) is 5.69 Å². The predicted octanol–water partition coefficient (Wildman–Crippen LogP) is 2.40. The number of nitrogens with zero attached hydrogens (tertiary/aromatic N) is 2. The summed E-state index contributed by atoms with van der Waals surface area (Å²) in [6, 6.07) is 7.94. The second-order valence-corrected chi connectivity index (χ2v) is 3.52. The highest BCUT2D eigenvalue weighted by molar-refractivity contribution is 5.62. The first-order valence-corrected chi connectivity index (χ1v) is 4.84. The fourth-order valence-corrected chi connectivity index (χ4v) is 1.52. The predicted molar refractivity (Wildman–Crippen MR) is 59.9 cm³/mol. The minimum Gasteiger partial charge on any atom is -0.497 e. The number of methoxy groups -OCH3 is 1. The Morgan fingerprint density at radius 1 is 1.20 bits per heavy atom. The third-order valence-corrected chi connectivity index (χ3v) is 2.60. The third-order valence-electron chi connectivity index (χ3n) is 2.60. The van der Waals surface area contributed by atoms with E-state index in [1.807, 2.05) is 42.2 Å². The second kappa shape index (κ2) is 3.77. The van der Waals surface area contributed by atoms with E-state index in [2.05, 4.69) is 11.9 Å². The number of imidazole rings is 1. The molecule has 0 fully saturated rings. The van der Waals surface area contributed by atoms with Crippen LogP contribution in [0, 0.1) is 6.92 Å². The number of benzene rings is 1. The monoisotopic (exact) mass is 202 g/mol. The van der Waals surface area contributed by atoms with Crippen molar-refractivity contribution in [3.05, 3.63) is 36.3 Å². The van der Waals surface area contributed by atoms with E-state index in [-0.39, 0.29) is 0 Å². The van der Waals surface area contributed by atoms with E-state index in [0.29, 0.717) is 0 Å². The lowest BCUT2D eigenvalue weighted by molar-refractivity contribution is 0.415. The summed E-state index contributed by atoms with van der Waals surface area (Å²) in [6.07, 6.45) is 1.83. The minimum absolute atomic E-state index is 0.868. The SMILES string of the molecule is COc1ccc(-c2ncn(C)c2C)cc1. The van der Waals surface area contributed by atoms with E-state index in [0.717, 1.165) is 17.0 Å². The summed E-state index contributed by atoms with van der Waals surface area (Å²) in [5.74, 6) is 0.868. The number of rotatable bonds is 2. The molecule has 0 aliphatic rings. The zero-order chi connectivity index (χ0) is 10.8. The topological polar surface area (TPSA) is 27.1 Å². The Balaban J connectivity index is 2.41. The Hall–Kier alpha value is -1.77. The number of aryl methyl sites for hydroxylation is 1. The van der Waals surface area contributed by atoms with Crippen molar-refractivity contribution in [2.24, 2.45) is 7.05 Å². The van der Waals surface area contributed by atoms with Gasteiger partial charge in [-0.25, -0.2) is 4.98 Å². The molecule has 1 aromatic heterocycles. The maximum absolute atomic E-state index is 5.11. The summed E-state index contributed by atoms with van der Waals surface area (Å²) in [4.78, 5) is 4.36. The fourth-order valence-electron chi connectivity index (χ4n) is 1.52. The highest BCUT2D eigenvalue weighted by Gasteiger charge is 2.06. The molecule has 2 aromatic rings. The van der Waals surface area contributed by atoms with Gasteiger partial charge in [0, 0.05) is 18.3 Å². The second-order valence-electron chi connectivity index (χ2n) is 3.52. The maximum Gasteiger partial charge on any atom is 0.118 e. The quantitative estimate of drug-likeness (QED) is 0.747. The van der Waals surface area contributed by atoms with Crippen molar-refractivity contribution >= 4 is 0 Å². The van der Waals surface area contributed by atoms with Crippen molar-refractivity contribution in [1.29, 1.82) is 0 Å². The molecule has 0 saturated carbocycles. The molecule has 78 valence electrons. The molecule has 0 radical (unpaired) electrons. The molecule has 1 aromatic carbocycles. The van der Waals surface area contributed by atoms with E-state index < -0.39 is 0 Å². The minimum atomic E-state index is 0.868. The first-order valence-electron chi connectivity index (χ1n) is 4.84. The fraction of sp³-hybridized carbons (Fsp3) is 0.250. The lowest BCUT2D eigenvalue weighted by Gasteiger charge is -2.02. The number of hydrogen-bond acceptors (Lipinski definition) is 2. The van der Waals surface area contributed by atoms with E-state index in [1.165, 1.54) is 5.69 Å². The van der Waals surface area contributed by atoms with Gasteiger partial charge in [0.05, 0.1) is 19.1 Å². The molecule has 0 saturated heterocycles. The first kappa shape index (κ1) is 9.77. The summed E-state index contributed by atoms with van der Waals surface area (Å²) in [5.41, 5.74) is 3.31. The van der Waals surface area contributed by atoms with Crippen LogP contribution < -0.4 is 4.74 Å². The van der Waals surface area contributed by atoms with Crippen LogP contribution in [0.15, 0.2) is 30.6 Å². The molecule has 0 bridgehead atoms. The largest absolute Gasteiger partial charge is 0.497 e. The average molecular weight is 202 g/mol. The third kappa shape index (κ3) is 1.73. The Morgan fingerprint density at radius 3 is 2.33 bits per heavy atom. The average Bonchev–Trinajstić information content (AvgIpc) is 2.60. The molecule has 3 nitrogen and oxygen atoms in total. The van der Waals surface area contributed by atoms with Crippen LogP contribution in [0.3, 0.4) is 0 Å². The van der Waals surface area contributed by atoms with Gasteiger partial charge in [0.15, 0.2) is 0 Å². The summed E-state index contributed by atoms with van der Waals surface area (Å²) < 4.78 is 7.13. The van der Waals surface area contributed by atoms with Crippen LogP contribution in [0.25, 0.3) is 11.3 Å². The Labute approximate surface area is 89.3 Å². The van der Waals surface area contributed by atoms with Gasteiger partial charge in [-0.05, 0) is 31.2 Å². The van der Waals surface area contributed by atoms with Crippen LogP contribution in [0.5, 0.6) is 5.75 Å². The molecule has 3 heteroatoms. The van der Waals surface area contributed by atoms with Gasteiger partial charge in [-0.2, -0.15) is 0 Å². The number of hydrogen-bond donors (Lipinski definition) is 0. The standard InChI is InChI=1S/C12H14N2O/c1-9-12(13-8-14(9)2)10-4-6-11(15-3)7-5-10/h4-8H,1-3H3. The van der Waals surface area contributed by atoms with Crippen molar-refractivity contribution < 1.29 is 4.74 Å². The number of aromatic nitrogens is 2. The summed E-state index contributed by atoms with van der Waals surface area (Å²) >= 11 is 0. The van der Waals surface area contributed by atoms with Gasteiger partial charge in [-0.3, -0.25) is 0 Å². The van der Waals surface area contributed by atoms with Crippen molar-refractivity contribution in [3.63, 3.8) is 0 Å². The van der Waals surface area contributed by atoms with E-state index >= 15 is 0 Å². The van der Waals surface area contributed by atoms with Gasteiger partial charge in [0.25, 0.3) is 0 Å². The van der Waals surface area contributed by atoms with E-state index in [9.17, 15) is 0 Å². The summed E-state index contributed by atoms with van der Waals surface area (Å²) in [5, 5.41) is 0. The smallest absolute Gasteiger partial charge is 0.118 e. The molecular formula is C12H14N2O. The van der Waals surface area contributed by atoms with Crippen LogP contribution in [0.4, 0.5) is 0 Å². The van der Waals surface area contributed by atoms with Crippen LogP contribution >= 0.6 is 0 Å². The van der Waals surface area contributed by atoms with Crippen molar-refractivity contribution in [2.45, 2.75) is 6.92 Å². The van der Waals surface area contributed by atoms with Gasteiger partial charge < -0.3 is 9.30 Å². The molecular weight excluding hydrogens is 188 g/mol. The Kier molecular flexibility index (Phi) is 2.46. The molecule has 15 heavy (non-hydrogen) atoms. The zero-order valence-electron chi connectivity index (χ0n) is 9.19. The van der Waals surface area contributed by atoms with Crippen molar-refractivity contribution in [3.8, 4) is 17.0 Å². The summed E-state index contributed by atoms with van der Waals surface area (Å²) in [7, 11) is 3.66. The molecule has 1 heterocycles. The summed E-state index contributed by atoms with van der Waals surface area (Å²) in [6.45, 7) is 2.06. The molecule has 0 unspecified atom stereocenters. The molecule has 0 aliphatic carbocycles. The first-order chi connectivity index (χ1) is 7.22. The normalized spacial score (nSPS) is 10.3. The van der Waals surface area contributed by atoms with Gasteiger partial charge in [-0.1, -0.05) is 0 Å². The Bertz CT molecular complexity index is 457. The molecule has 0 atom stereocenters. The molecule has 2 rings (SSSR count). The highest BCUT2D eigenvalue weighted by Crippen LogP contribution is 2.23. The highest BCUT2D eigenvalue weighted by atomic mass is 16.5. The zero-order valence-corrected chi connectivity index (χ0v) is 9.19. The Morgan fingerprint density at radius 2 is 1.87 bits per heavy atom. The number of ether oxygens (including phenoxy) is 1. The lowest BCUT2D eigenvalue weighted by Crippen LogP contribution is -1.89. The van der Waals surface area contributed by atoms with Gasteiger partial charge >= 0.3 is 0 Å². The van der Waals surface area contributed by atoms with E-state index in [4.69, 9.17) is 4.74 Å². The molecule has 0 amide bonds. The van der Waals surface area contributed by atoms with Crippen molar-refractivity contribution in [1.82, 2.24) is 9.55 Å². The van der Waals surface area contributed by atoms with Gasteiger partial charge in [0.1, 0.15) is 5.75 Å². The van der Waals surface area contributed by atoms with Crippen LogP contribution in [-0.2, 0) is 7.05 Å². The van der Waals surface area contributed by atoms with Gasteiger partial charge in [0.2, 0.25) is 0 Å².